The van der Waals surface area contributed by atoms with E-state index in [1.54, 1.807) is 0 Å². The van der Waals surface area contributed by atoms with Crippen molar-refractivity contribution in [1.82, 2.24) is 0 Å². The van der Waals surface area contributed by atoms with Crippen LogP contribution >= 0.6 is 0 Å². The summed E-state index contributed by atoms with van der Waals surface area (Å²) >= 11 is 0. The number of ether oxygens (including phenoxy) is 4. The molecule has 2 aliphatic heterocycles. The van der Waals surface area contributed by atoms with E-state index in [0.717, 1.165) is 0 Å². The van der Waals surface area contributed by atoms with E-state index in [9.17, 15) is 30.6 Å². The molecule has 2 fully saturated rings. The highest BCUT2D eigenvalue weighted by atomic mass is 16.7. The van der Waals surface area contributed by atoms with Crippen molar-refractivity contribution < 1.29 is 49.6 Å². The lowest BCUT2D eigenvalue weighted by Crippen LogP contribution is -2.64. The Hall–Kier alpha value is -0.400. The molecule has 6 N–H and O–H groups in total. The van der Waals surface area contributed by atoms with Crippen molar-refractivity contribution in [3.8, 4) is 0 Å². The average molecular weight is 382 g/mol. The molecule has 10 atom stereocenters. The first-order chi connectivity index (χ1) is 12.3. The van der Waals surface area contributed by atoms with Gasteiger partial charge in [0.15, 0.2) is 12.6 Å². The third-order valence-electron chi connectivity index (χ3n) is 5.06. The number of aliphatic hydroxyl groups is 6. The predicted molar refractivity (Wildman–Crippen MR) is 85.7 cm³/mol. The third kappa shape index (κ3) is 4.20. The van der Waals surface area contributed by atoms with Crippen LogP contribution in [0.2, 0.25) is 0 Å². The van der Waals surface area contributed by atoms with Gasteiger partial charge in [0, 0.05) is 13.0 Å². The van der Waals surface area contributed by atoms with Crippen LogP contribution in [0.5, 0.6) is 0 Å². The Morgan fingerprint density at radius 2 is 1.35 bits per heavy atom. The maximum Gasteiger partial charge on any atom is 0.187 e. The Morgan fingerprint density at radius 3 is 1.85 bits per heavy atom. The molecule has 0 aromatic heterocycles. The summed E-state index contributed by atoms with van der Waals surface area (Å²) in [6.07, 6.45) is -11.2. The lowest BCUT2D eigenvalue weighted by atomic mass is 9.81. The quantitative estimate of drug-likeness (QED) is 0.283. The van der Waals surface area contributed by atoms with Crippen molar-refractivity contribution in [2.75, 3.05) is 20.3 Å². The van der Waals surface area contributed by atoms with Crippen LogP contribution in [0.3, 0.4) is 0 Å². The molecule has 0 saturated carbocycles. The summed E-state index contributed by atoms with van der Waals surface area (Å²) in [7, 11) is 1.28. The van der Waals surface area contributed by atoms with Gasteiger partial charge in [-0.25, -0.2) is 0 Å². The van der Waals surface area contributed by atoms with E-state index in [1.165, 1.54) is 7.11 Å². The molecule has 10 nitrogen and oxygen atoms in total. The second-order valence-electron chi connectivity index (χ2n) is 7.07. The Bertz CT molecular complexity index is 431. The molecule has 2 saturated heterocycles. The average Bonchev–Trinajstić information content (AvgIpc) is 2.62. The van der Waals surface area contributed by atoms with Crippen LogP contribution in [0.15, 0.2) is 0 Å². The van der Waals surface area contributed by atoms with Gasteiger partial charge in [-0.2, -0.15) is 0 Å². The van der Waals surface area contributed by atoms with Gasteiger partial charge >= 0.3 is 0 Å². The van der Waals surface area contributed by atoms with E-state index in [0.29, 0.717) is 0 Å². The van der Waals surface area contributed by atoms with E-state index < -0.39 is 74.4 Å². The zero-order chi connectivity index (χ0) is 19.6. The first kappa shape index (κ1) is 21.9. The van der Waals surface area contributed by atoms with Crippen LogP contribution in [0.25, 0.3) is 0 Å². The van der Waals surface area contributed by atoms with Crippen LogP contribution in [0.1, 0.15) is 13.8 Å². The van der Waals surface area contributed by atoms with Crippen LogP contribution < -0.4 is 0 Å². The fourth-order valence-electron chi connectivity index (χ4n) is 3.62. The van der Waals surface area contributed by atoms with Gasteiger partial charge in [0.25, 0.3) is 0 Å². The largest absolute Gasteiger partial charge is 0.394 e. The smallest absolute Gasteiger partial charge is 0.187 e. The molecule has 0 aromatic rings. The van der Waals surface area contributed by atoms with Crippen LogP contribution in [0, 0.1) is 11.8 Å². The molecule has 26 heavy (non-hydrogen) atoms. The van der Waals surface area contributed by atoms with Gasteiger partial charge in [0.2, 0.25) is 0 Å². The second kappa shape index (κ2) is 9.20. The van der Waals surface area contributed by atoms with Gasteiger partial charge in [0.05, 0.1) is 25.4 Å². The maximum absolute atomic E-state index is 10.4. The molecule has 0 radical (unpaired) electrons. The van der Waals surface area contributed by atoms with Crippen molar-refractivity contribution in [3.63, 3.8) is 0 Å². The summed E-state index contributed by atoms with van der Waals surface area (Å²) in [6, 6.07) is 0. The van der Waals surface area contributed by atoms with Crippen molar-refractivity contribution in [2.24, 2.45) is 11.8 Å². The first-order valence-electron chi connectivity index (χ1n) is 8.69. The van der Waals surface area contributed by atoms with Crippen molar-refractivity contribution in [1.29, 1.82) is 0 Å². The van der Waals surface area contributed by atoms with Gasteiger partial charge in [0.1, 0.15) is 30.5 Å². The highest BCUT2D eigenvalue weighted by Gasteiger charge is 2.51. The number of hydrogen-bond donors (Lipinski definition) is 6. The molecule has 0 bridgehead atoms. The summed E-state index contributed by atoms with van der Waals surface area (Å²) in [5.41, 5.74) is 0. The van der Waals surface area contributed by atoms with Crippen molar-refractivity contribution in [3.05, 3.63) is 0 Å². The van der Waals surface area contributed by atoms with E-state index >= 15 is 0 Å². The minimum Gasteiger partial charge on any atom is -0.394 e. The molecule has 2 heterocycles. The normalized spacial score (nSPS) is 47.3. The molecule has 2 aliphatic rings. The molecule has 0 spiro atoms. The number of aliphatic hydroxyl groups excluding tert-OH is 6. The molecule has 10 heteroatoms. The second-order valence-corrected chi connectivity index (χ2v) is 7.07. The van der Waals surface area contributed by atoms with Crippen molar-refractivity contribution in [2.45, 2.75) is 69.2 Å². The van der Waals surface area contributed by atoms with E-state index in [1.807, 2.05) is 13.8 Å². The number of methoxy groups -OCH3 is 1. The van der Waals surface area contributed by atoms with Gasteiger partial charge in [-0.3, -0.25) is 0 Å². The van der Waals surface area contributed by atoms with Crippen LogP contribution in [-0.2, 0) is 18.9 Å². The Kier molecular flexibility index (Phi) is 7.74. The monoisotopic (exact) mass is 382 g/mol. The summed E-state index contributed by atoms with van der Waals surface area (Å²) in [6.45, 7) is 2.72. The molecule has 0 aromatic carbocycles. The SMILES string of the molecule is COC1OC(CO)C(OC2OC(CO)C(C(C)C)C(O)C2O)C(O)C1O. The summed E-state index contributed by atoms with van der Waals surface area (Å²) < 4.78 is 21.4. The lowest BCUT2D eigenvalue weighted by molar-refractivity contribution is -0.355. The third-order valence-corrected chi connectivity index (χ3v) is 5.06. The number of rotatable bonds is 6. The zero-order valence-corrected chi connectivity index (χ0v) is 15.1. The first-order valence-corrected chi connectivity index (χ1v) is 8.69. The molecule has 0 aliphatic carbocycles. The minimum atomic E-state index is -1.49. The zero-order valence-electron chi connectivity index (χ0n) is 15.1. The highest BCUT2D eigenvalue weighted by molar-refractivity contribution is 4.94. The van der Waals surface area contributed by atoms with Crippen LogP contribution in [0.4, 0.5) is 0 Å². The number of hydrogen-bond acceptors (Lipinski definition) is 10. The van der Waals surface area contributed by atoms with Crippen molar-refractivity contribution >= 4 is 0 Å². The summed E-state index contributed by atoms with van der Waals surface area (Å²) in [4.78, 5) is 0. The fraction of sp³-hybridized carbons (Fsp3) is 1.00. The molecular formula is C16H30O10. The molecule has 154 valence electrons. The Balaban J connectivity index is 2.15. The lowest BCUT2D eigenvalue weighted by Gasteiger charge is -2.47. The summed E-state index contributed by atoms with van der Waals surface area (Å²) in [5, 5.41) is 60.1. The van der Waals surface area contributed by atoms with Gasteiger partial charge in [-0.1, -0.05) is 13.8 Å². The van der Waals surface area contributed by atoms with Gasteiger partial charge in [-0.05, 0) is 5.92 Å². The molecule has 0 amide bonds. The minimum absolute atomic E-state index is 0.0733. The van der Waals surface area contributed by atoms with Gasteiger partial charge < -0.3 is 49.6 Å². The van der Waals surface area contributed by atoms with Crippen LogP contribution in [-0.4, -0.2) is 106 Å². The van der Waals surface area contributed by atoms with E-state index in [4.69, 9.17) is 18.9 Å². The maximum atomic E-state index is 10.4. The Labute approximate surface area is 151 Å². The van der Waals surface area contributed by atoms with E-state index in [2.05, 4.69) is 0 Å². The Morgan fingerprint density at radius 1 is 0.808 bits per heavy atom. The fourth-order valence-corrected chi connectivity index (χ4v) is 3.62. The molecule has 2 rings (SSSR count). The predicted octanol–water partition coefficient (Wildman–Crippen LogP) is -2.83. The van der Waals surface area contributed by atoms with E-state index in [-0.39, 0.29) is 5.92 Å². The summed E-state index contributed by atoms with van der Waals surface area (Å²) in [5.74, 6) is -0.588. The highest BCUT2D eigenvalue weighted by Crippen LogP contribution is 2.34. The molecule has 10 unspecified atom stereocenters. The topological polar surface area (TPSA) is 158 Å². The standard InChI is InChI=1S/C16H30O10/c1-6(2)9-7(4-17)24-16(12(21)10(9)19)26-14-8(5-18)25-15(23-3)13(22)11(14)20/h6-22H,4-5H2,1-3H3. The molecular weight excluding hydrogens is 352 g/mol. The van der Waals surface area contributed by atoms with Gasteiger partial charge in [-0.15, -0.1) is 0 Å².